The number of fused-ring (bicyclic) bond motifs is 1. The third kappa shape index (κ3) is 2.24. The second-order valence-electron chi connectivity index (χ2n) is 4.29. The average Bonchev–Trinajstić information content (AvgIpc) is 2.83. The van der Waals surface area contributed by atoms with Crippen LogP contribution in [0.5, 0.6) is 11.5 Å². The second-order valence-corrected chi connectivity index (χ2v) is 5.44. The summed E-state index contributed by atoms with van der Waals surface area (Å²) in [5.41, 5.74) is 7.71. The SMILES string of the molecule is Nc1cc2c(cc1NC1CCSC1)OCCO2. The normalized spacial score (nSPS) is 22.5. The van der Waals surface area contributed by atoms with E-state index in [2.05, 4.69) is 5.32 Å². The lowest BCUT2D eigenvalue weighted by molar-refractivity contribution is 0.172. The van der Waals surface area contributed by atoms with Crippen molar-refractivity contribution < 1.29 is 9.47 Å². The number of anilines is 2. The van der Waals surface area contributed by atoms with Crippen LogP contribution in [-0.4, -0.2) is 30.8 Å². The molecule has 1 aromatic carbocycles. The summed E-state index contributed by atoms with van der Waals surface area (Å²) in [7, 11) is 0. The van der Waals surface area contributed by atoms with Gasteiger partial charge in [0, 0.05) is 23.9 Å². The number of nitrogens with two attached hydrogens (primary N) is 1. The fraction of sp³-hybridized carbons (Fsp3) is 0.500. The highest BCUT2D eigenvalue weighted by Crippen LogP contribution is 2.37. The number of nitrogen functional groups attached to an aromatic ring is 1. The van der Waals surface area contributed by atoms with Crippen molar-refractivity contribution in [2.24, 2.45) is 0 Å². The van der Waals surface area contributed by atoms with Crippen molar-refractivity contribution in [1.29, 1.82) is 0 Å². The van der Waals surface area contributed by atoms with Crippen LogP contribution in [0.4, 0.5) is 11.4 Å². The van der Waals surface area contributed by atoms with E-state index in [9.17, 15) is 0 Å². The first-order chi connectivity index (χ1) is 8.33. The minimum atomic E-state index is 0.518. The molecular weight excluding hydrogens is 236 g/mol. The zero-order chi connectivity index (χ0) is 11.7. The fourth-order valence-corrected chi connectivity index (χ4v) is 3.25. The molecule has 0 amide bonds. The minimum absolute atomic E-state index is 0.518. The maximum atomic E-state index is 6.02. The van der Waals surface area contributed by atoms with Gasteiger partial charge in [0.25, 0.3) is 0 Å². The quantitative estimate of drug-likeness (QED) is 0.788. The van der Waals surface area contributed by atoms with Crippen LogP contribution < -0.4 is 20.5 Å². The van der Waals surface area contributed by atoms with Gasteiger partial charge >= 0.3 is 0 Å². The van der Waals surface area contributed by atoms with E-state index in [1.54, 1.807) is 0 Å². The van der Waals surface area contributed by atoms with E-state index in [0.29, 0.717) is 19.3 Å². The highest BCUT2D eigenvalue weighted by atomic mass is 32.2. The van der Waals surface area contributed by atoms with Crippen molar-refractivity contribution >= 4 is 23.1 Å². The molecule has 2 heterocycles. The van der Waals surface area contributed by atoms with Crippen LogP contribution in [0.25, 0.3) is 0 Å². The summed E-state index contributed by atoms with van der Waals surface area (Å²) in [6.07, 6.45) is 1.19. The summed E-state index contributed by atoms with van der Waals surface area (Å²) in [5, 5.41) is 3.48. The summed E-state index contributed by atoms with van der Waals surface area (Å²) in [6, 6.07) is 4.32. The number of thioether (sulfide) groups is 1. The van der Waals surface area contributed by atoms with Gasteiger partial charge in [-0.25, -0.2) is 0 Å². The van der Waals surface area contributed by atoms with Crippen LogP contribution in [0.3, 0.4) is 0 Å². The molecule has 17 heavy (non-hydrogen) atoms. The van der Waals surface area contributed by atoms with Crippen molar-refractivity contribution in [3.8, 4) is 11.5 Å². The van der Waals surface area contributed by atoms with Gasteiger partial charge in [-0.05, 0) is 12.2 Å². The van der Waals surface area contributed by atoms with Crippen molar-refractivity contribution in [3.63, 3.8) is 0 Å². The third-order valence-corrected chi connectivity index (χ3v) is 4.17. The highest BCUT2D eigenvalue weighted by molar-refractivity contribution is 7.99. The Morgan fingerprint density at radius 3 is 2.71 bits per heavy atom. The van der Waals surface area contributed by atoms with E-state index in [4.69, 9.17) is 15.2 Å². The average molecular weight is 252 g/mol. The van der Waals surface area contributed by atoms with E-state index in [-0.39, 0.29) is 0 Å². The van der Waals surface area contributed by atoms with Crippen LogP contribution in [-0.2, 0) is 0 Å². The number of rotatable bonds is 2. The van der Waals surface area contributed by atoms with Crippen LogP contribution in [0.2, 0.25) is 0 Å². The first kappa shape index (κ1) is 10.9. The van der Waals surface area contributed by atoms with Crippen molar-refractivity contribution in [3.05, 3.63) is 12.1 Å². The number of nitrogens with one attached hydrogen (secondary N) is 1. The molecule has 1 atom stereocenters. The van der Waals surface area contributed by atoms with E-state index in [1.807, 2.05) is 23.9 Å². The topological polar surface area (TPSA) is 56.5 Å². The molecule has 0 aliphatic carbocycles. The van der Waals surface area contributed by atoms with Gasteiger partial charge in [0.1, 0.15) is 13.2 Å². The van der Waals surface area contributed by atoms with Crippen LogP contribution in [0, 0.1) is 0 Å². The Bertz CT molecular complexity index is 419. The van der Waals surface area contributed by atoms with E-state index in [0.717, 1.165) is 28.6 Å². The number of ether oxygens (including phenoxy) is 2. The van der Waals surface area contributed by atoms with Crippen molar-refractivity contribution in [2.75, 3.05) is 35.8 Å². The van der Waals surface area contributed by atoms with Gasteiger partial charge < -0.3 is 20.5 Å². The van der Waals surface area contributed by atoms with Gasteiger partial charge in [-0.15, -0.1) is 0 Å². The van der Waals surface area contributed by atoms with Gasteiger partial charge in [-0.1, -0.05) is 0 Å². The summed E-state index contributed by atoms with van der Waals surface area (Å²) in [5.74, 6) is 3.91. The van der Waals surface area contributed by atoms with Crippen molar-refractivity contribution in [2.45, 2.75) is 12.5 Å². The molecule has 1 unspecified atom stereocenters. The first-order valence-electron chi connectivity index (χ1n) is 5.86. The fourth-order valence-electron chi connectivity index (χ4n) is 2.10. The summed E-state index contributed by atoms with van der Waals surface area (Å²) in [6.45, 7) is 1.20. The smallest absolute Gasteiger partial charge is 0.163 e. The minimum Gasteiger partial charge on any atom is -0.486 e. The summed E-state index contributed by atoms with van der Waals surface area (Å²) >= 11 is 1.98. The molecule has 0 spiro atoms. The predicted octanol–water partition coefficient (Wildman–Crippen LogP) is 1.96. The van der Waals surface area contributed by atoms with Crippen molar-refractivity contribution in [1.82, 2.24) is 0 Å². The highest BCUT2D eigenvalue weighted by Gasteiger charge is 2.19. The monoisotopic (exact) mass is 252 g/mol. The lowest BCUT2D eigenvalue weighted by Crippen LogP contribution is -2.20. The summed E-state index contributed by atoms with van der Waals surface area (Å²) < 4.78 is 11.1. The Morgan fingerprint density at radius 1 is 1.24 bits per heavy atom. The predicted molar refractivity (Wildman–Crippen MR) is 71.2 cm³/mol. The molecule has 1 saturated heterocycles. The Hall–Kier alpha value is -1.23. The molecule has 0 aromatic heterocycles. The molecule has 5 heteroatoms. The molecule has 4 nitrogen and oxygen atoms in total. The number of benzene rings is 1. The number of hydrogen-bond acceptors (Lipinski definition) is 5. The Labute approximate surface area is 105 Å². The maximum absolute atomic E-state index is 6.02. The Kier molecular flexibility index (Phi) is 2.93. The second kappa shape index (κ2) is 4.56. The number of hydrogen-bond donors (Lipinski definition) is 2. The molecule has 0 saturated carbocycles. The standard InChI is InChI=1S/C12H16N2O2S/c13-9-5-11-12(16-3-2-15-11)6-10(9)14-8-1-4-17-7-8/h5-6,8,14H,1-4,7,13H2. The molecule has 1 aromatic rings. The zero-order valence-electron chi connectivity index (χ0n) is 9.57. The Morgan fingerprint density at radius 2 is 2.00 bits per heavy atom. The van der Waals surface area contributed by atoms with Gasteiger partial charge in [0.15, 0.2) is 11.5 Å². The third-order valence-electron chi connectivity index (χ3n) is 3.00. The molecule has 1 fully saturated rings. The molecular formula is C12H16N2O2S. The van der Waals surface area contributed by atoms with Crippen LogP contribution in [0.1, 0.15) is 6.42 Å². The Balaban J connectivity index is 1.83. The first-order valence-corrected chi connectivity index (χ1v) is 7.02. The van der Waals surface area contributed by atoms with Gasteiger partial charge in [-0.3, -0.25) is 0 Å². The molecule has 0 bridgehead atoms. The molecule has 2 aliphatic rings. The lowest BCUT2D eigenvalue weighted by atomic mass is 10.2. The van der Waals surface area contributed by atoms with E-state index in [1.165, 1.54) is 12.2 Å². The van der Waals surface area contributed by atoms with Crippen LogP contribution >= 0.6 is 11.8 Å². The molecule has 2 aliphatic heterocycles. The van der Waals surface area contributed by atoms with E-state index < -0.39 is 0 Å². The molecule has 92 valence electrons. The van der Waals surface area contributed by atoms with Gasteiger partial charge in [0.2, 0.25) is 0 Å². The summed E-state index contributed by atoms with van der Waals surface area (Å²) in [4.78, 5) is 0. The lowest BCUT2D eigenvalue weighted by Gasteiger charge is -2.22. The van der Waals surface area contributed by atoms with E-state index >= 15 is 0 Å². The molecule has 3 N–H and O–H groups in total. The maximum Gasteiger partial charge on any atom is 0.163 e. The molecule has 3 rings (SSSR count). The molecule has 0 radical (unpaired) electrons. The zero-order valence-corrected chi connectivity index (χ0v) is 10.4. The largest absolute Gasteiger partial charge is 0.486 e. The van der Waals surface area contributed by atoms with Gasteiger partial charge in [-0.2, -0.15) is 11.8 Å². The van der Waals surface area contributed by atoms with Gasteiger partial charge in [0.05, 0.1) is 11.4 Å². The van der Waals surface area contributed by atoms with Crippen LogP contribution in [0.15, 0.2) is 12.1 Å².